The summed E-state index contributed by atoms with van der Waals surface area (Å²) >= 11 is 0. The monoisotopic (exact) mass is 485 g/mol. The second-order valence-electron chi connectivity index (χ2n) is 9.37. The van der Waals surface area contributed by atoms with Crippen LogP contribution >= 0.6 is 0 Å². The second-order valence-corrected chi connectivity index (χ2v) is 9.37. The van der Waals surface area contributed by atoms with Gasteiger partial charge < -0.3 is 4.74 Å². The molecule has 10 heteroatoms. The van der Waals surface area contributed by atoms with E-state index in [4.69, 9.17) is 9.72 Å². The van der Waals surface area contributed by atoms with Gasteiger partial charge in [0.25, 0.3) is 0 Å². The average molecular weight is 485 g/mol. The number of hydrogen-bond donors (Lipinski definition) is 0. The molecule has 1 saturated heterocycles. The van der Waals surface area contributed by atoms with Crippen LogP contribution in [0.1, 0.15) is 66.3 Å². The summed E-state index contributed by atoms with van der Waals surface area (Å²) in [7, 11) is 0. The van der Waals surface area contributed by atoms with E-state index in [9.17, 15) is 17.6 Å². The number of ether oxygens (including phenoxy) is 1. The van der Waals surface area contributed by atoms with Crippen LogP contribution in [0, 0.1) is 12.7 Å². The van der Waals surface area contributed by atoms with Gasteiger partial charge in [0.2, 0.25) is 0 Å². The molecule has 182 valence electrons. The lowest BCUT2D eigenvalue weighted by Gasteiger charge is -2.29. The molecule has 2 atom stereocenters. The molecule has 1 aromatic carbocycles. The number of hydrogen-bond acceptors (Lipinski definition) is 4. The molecule has 2 fully saturated rings. The number of alkyl halides is 3. The van der Waals surface area contributed by atoms with Crippen LogP contribution in [0.4, 0.5) is 17.6 Å². The van der Waals surface area contributed by atoms with Crippen molar-refractivity contribution in [3.8, 4) is 11.4 Å². The molecular weight excluding hydrogens is 462 g/mol. The predicted octanol–water partition coefficient (Wildman–Crippen LogP) is 6.03. The molecule has 0 radical (unpaired) electrons. The lowest BCUT2D eigenvalue weighted by Crippen LogP contribution is -2.20. The molecule has 3 aromatic heterocycles. The third-order valence-corrected chi connectivity index (χ3v) is 6.75. The van der Waals surface area contributed by atoms with Crippen LogP contribution in [0.25, 0.3) is 17.0 Å². The summed E-state index contributed by atoms with van der Waals surface area (Å²) in [5.74, 6) is -0.723. The van der Waals surface area contributed by atoms with Crippen molar-refractivity contribution in [2.75, 3.05) is 6.61 Å². The number of fused-ring (bicyclic) bond motifs is 1. The molecule has 1 aliphatic carbocycles. The Morgan fingerprint density at radius 3 is 2.63 bits per heavy atom. The van der Waals surface area contributed by atoms with Crippen molar-refractivity contribution in [2.24, 2.45) is 0 Å². The molecular formula is C25H23F4N5O. The highest BCUT2D eigenvalue weighted by Crippen LogP contribution is 2.40. The van der Waals surface area contributed by atoms with Crippen molar-refractivity contribution in [1.29, 1.82) is 0 Å². The first kappa shape index (κ1) is 22.2. The summed E-state index contributed by atoms with van der Waals surface area (Å²) in [5.41, 5.74) is 1.98. The number of aromatic nitrogens is 5. The van der Waals surface area contributed by atoms with Crippen LogP contribution in [0.5, 0.6) is 0 Å². The third-order valence-electron chi connectivity index (χ3n) is 6.75. The second kappa shape index (κ2) is 8.15. The number of aryl methyl sites for hydroxylation is 1. The van der Waals surface area contributed by atoms with Gasteiger partial charge in [0, 0.05) is 42.2 Å². The number of halogens is 4. The summed E-state index contributed by atoms with van der Waals surface area (Å²) in [6, 6.07) is 4.89. The Hall–Kier alpha value is -3.27. The molecule has 0 amide bonds. The van der Waals surface area contributed by atoms with Gasteiger partial charge in [0.1, 0.15) is 17.3 Å². The quantitative estimate of drug-likeness (QED) is 0.331. The fraction of sp³-hybridized carbons (Fsp3) is 0.400. The topological polar surface area (TPSA) is 57.2 Å². The van der Waals surface area contributed by atoms with Gasteiger partial charge in [0.15, 0.2) is 0 Å². The molecule has 1 saturated carbocycles. The Bertz CT molecular complexity index is 1400. The molecule has 0 N–H and O–H groups in total. The van der Waals surface area contributed by atoms with E-state index in [-0.39, 0.29) is 23.4 Å². The highest BCUT2D eigenvalue weighted by molar-refractivity contribution is 5.62. The number of imidazole rings is 1. The fourth-order valence-electron chi connectivity index (χ4n) is 4.76. The summed E-state index contributed by atoms with van der Waals surface area (Å²) < 4.78 is 63.8. The Kier molecular flexibility index (Phi) is 5.17. The maximum Gasteiger partial charge on any atom is 0.416 e. The highest BCUT2D eigenvalue weighted by atomic mass is 19.4. The van der Waals surface area contributed by atoms with Gasteiger partial charge in [-0.15, -0.1) is 0 Å². The van der Waals surface area contributed by atoms with Crippen LogP contribution in [0.3, 0.4) is 0 Å². The molecule has 4 heterocycles. The maximum absolute atomic E-state index is 14.9. The highest BCUT2D eigenvalue weighted by Gasteiger charge is 2.33. The molecule has 6 rings (SSSR count). The van der Waals surface area contributed by atoms with E-state index in [1.165, 1.54) is 0 Å². The number of nitrogens with zero attached hydrogens (tertiary/aromatic N) is 5. The zero-order valence-electron chi connectivity index (χ0n) is 19.0. The SMILES string of the molecule is Cc1cn2c(-c3ccc(C(F)(F)F)cc3F)nc(C3CCO[C@@H](c4cnn(C5CC5)c4)C3)cc2n1. The minimum atomic E-state index is -4.63. The lowest BCUT2D eigenvalue weighted by atomic mass is 9.90. The molecule has 35 heavy (non-hydrogen) atoms. The lowest BCUT2D eigenvalue weighted by molar-refractivity contribution is -0.137. The van der Waals surface area contributed by atoms with Crippen molar-refractivity contribution in [2.45, 2.75) is 56.8 Å². The number of rotatable bonds is 4. The Morgan fingerprint density at radius 1 is 1.06 bits per heavy atom. The molecule has 0 spiro atoms. The molecule has 0 bridgehead atoms. The maximum atomic E-state index is 14.9. The Morgan fingerprint density at radius 2 is 1.89 bits per heavy atom. The summed E-state index contributed by atoms with van der Waals surface area (Å²) in [6.45, 7) is 2.34. The van der Waals surface area contributed by atoms with Gasteiger partial charge in [-0.1, -0.05) is 0 Å². The molecule has 4 aromatic rings. The van der Waals surface area contributed by atoms with Gasteiger partial charge in [-0.25, -0.2) is 14.4 Å². The van der Waals surface area contributed by atoms with Crippen LogP contribution in [0.2, 0.25) is 0 Å². The average Bonchev–Trinajstić information content (AvgIpc) is 3.42. The summed E-state index contributed by atoms with van der Waals surface area (Å²) in [6.07, 6.45) is 4.53. The summed E-state index contributed by atoms with van der Waals surface area (Å²) in [4.78, 5) is 9.28. The normalized spacial score (nSPS) is 21.1. The van der Waals surface area contributed by atoms with Crippen molar-refractivity contribution in [3.63, 3.8) is 0 Å². The van der Waals surface area contributed by atoms with E-state index in [1.807, 2.05) is 30.1 Å². The van der Waals surface area contributed by atoms with Crippen LogP contribution in [-0.4, -0.2) is 30.8 Å². The molecule has 1 unspecified atom stereocenters. The zero-order chi connectivity index (χ0) is 24.3. The van der Waals surface area contributed by atoms with Crippen molar-refractivity contribution >= 4 is 5.65 Å². The van der Waals surface area contributed by atoms with E-state index in [1.54, 1.807) is 10.6 Å². The number of benzene rings is 1. The first-order chi connectivity index (χ1) is 16.8. The van der Waals surface area contributed by atoms with Crippen LogP contribution in [-0.2, 0) is 10.9 Å². The standard InChI is InChI=1S/C25H23F4N5O/c1-14-12-33-23(31-14)10-21(32-24(33)19-5-2-17(9-20(19)26)25(27,28)29)15-6-7-35-22(8-15)16-11-30-34(13-16)18-3-4-18/h2,5,9-13,15,18,22H,3-4,6-8H2,1H3/t15?,22-/m1/s1. The van der Waals surface area contributed by atoms with Crippen molar-refractivity contribution in [1.82, 2.24) is 24.1 Å². The van der Waals surface area contributed by atoms with E-state index >= 15 is 0 Å². The fourth-order valence-corrected chi connectivity index (χ4v) is 4.76. The molecule has 6 nitrogen and oxygen atoms in total. The minimum absolute atomic E-state index is 0.00318. The summed E-state index contributed by atoms with van der Waals surface area (Å²) in [5, 5.41) is 4.47. The first-order valence-electron chi connectivity index (χ1n) is 11.7. The van der Waals surface area contributed by atoms with Gasteiger partial charge in [-0.05, 0) is 50.8 Å². The third kappa shape index (κ3) is 4.20. The van der Waals surface area contributed by atoms with E-state index in [0.717, 1.165) is 42.7 Å². The van der Waals surface area contributed by atoms with Gasteiger partial charge in [-0.3, -0.25) is 9.08 Å². The van der Waals surface area contributed by atoms with Crippen LogP contribution in [0.15, 0.2) is 42.9 Å². The largest absolute Gasteiger partial charge is 0.416 e. The van der Waals surface area contributed by atoms with Gasteiger partial charge >= 0.3 is 6.18 Å². The van der Waals surface area contributed by atoms with E-state index in [0.29, 0.717) is 36.5 Å². The van der Waals surface area contributed by atoms with E-state index < -0.39 is 17.6 Å². The van der Waals surface area contributed by atoms with Crippen LogP contribution < -0.4 is 0 Å². The van der Waals surface area contributed by atoms with Crippen molar-refractivity contribution in [3.05, 3.63) is 71.2 Å². The van der Waals surface area contributed by atoms with Gasteiger partial charge in [0.05, 0.1) is 35.2 Å². The van der Waals surface area contributed by atoms with Crippen molar-refractivity contribution < 1.29 is 22.3 Å². The Labute approximate surface area is 198 Å². The van der Waals surface area contributed by atoms with E-state index in [2.05, 4.69) is 10.1 Å². The first-order valence-corrected chi connectivity index (χ1v) is 11.7. The molecule has 1 aliphatic heterocycles. The Balaban J connectivity index is 1.37. The van der Waals surface area contributed by atoms with Gasteiger partial charge in [-0.2, -0.15) is 18.3 Å². The smallest absolute Gasteiger partial charge is 0.373 e. The minimum Gasteiger partial charge on any atom is -0.373 e. The predicted molar refractivity (Wildman–Crippen MR) is 119 cm³/mol. The molecule has 2 aliphatic rings. The zero-order valence-corrected chi connectivity index (χ0v) is 19.0.